The Balaban J connectivity index is 0.00000200. The molecule has 1 fully saturated rings. The average molecular weight is 340 g/mol. The van der Waals surface area contributed by atoms with Crippen molar-refractivity contribution in [2.75, 3.05) is 19.7 Å². The summed E-state index contributed by atoms with van der Waals surface area (Å²) in [5.41, 5.74) is 0.914. The molecule has 112 valence electrons. The standard InChI is InChI=1S/C13H16Cl2N2O2.ClH/c1-8(18)17-12-7-16-4-5-19-13(12)9-2-3-10(14)11(15)6-9;/h2-3,6,12-13,16H,4-5,7H2,1H3,(H,17,18);1H/t12-,13+;/m0./s1. The van der Waals surface area contributed by atoms with Gasteiger partial charge in [-0.2, -0.15) is 0 Å². The summed E-state index contributed by atoms with van der Waals surface area (Å²) < 4.78 is 5.82. The topological polar surface area (TPSA) is 50.4 Å². The first-order valence-corrected chi connectivity index (χ1v) is 6.88. The molecule has 0 saturated carbocycles. The van der Waals surface area contributed by atoms with Gasteiger partial charge >= 0.3 is 0 Å². The predicted octanol–water partition coefficient (Wildman–Crippen LogP) is 2.58. The maximum Gasteiger partial charge on any atom is 0.217 e. The third-order valence-electron chi connectivity index (χ3n) is 2.97. The molecule has 0 bridgehead atoms. The molecule has 0 radical (unpaired) electrons. The highest BCUT2D eigenvalue weighted by atomic mass is 35.5. The van der Waals surface area contributed by atoms with Gasteiger partial charge in [0.15, 0.2) is 0 Å². The number of hydrogen-bond donors (Lipinski definition) is 2. The lowest BCUT2D eigenvalue weighted by atomic mass is 10.0. The molecule has 1 aromatic carbocycles. The summed E-state index contributed by atoms with van der Waals surface area (Å²) in [6.45, 7) is 3.50. The van der Waals surface area contributed by atoms with Gasteiger partial charge in [-0.15, -0.1) is 12.4 Å². The van der Waals surface area contributed by atoms with Gasteiger partial charge in [0, 0.05) is 20.0 Å². The third-order valence-corrected chi connectivity index (χ3v) is 3.71. The molecular formula is C13H17Cl3N2O2. The summed E-state index contributed by atoms with van der Waals surface area (Å²) in [5.74, 6) is -0.0811. The SMILES string of the molecule is CC(=O)N[C@H]1CNCCO[C@@H]1c1ccc(Cl)c(Cl)c1.Cl. The Hall–Kier alpha value is -0.520. The Morgan fingerprint density at radius 3 is 2.80 bits per heavy atom. The number of amides is 1. The molecule has 1 aliphatic rings. The molecule has 1 aliphatic heterocycles. The van der Waals surface area contributed by atoms with Crippen molar-refractivity contribution in [2.45, 2.75) is 19.1 Å². The normalized spacial score (nSPS) is 22.6. The van der Waals surface area contributed by atoms with E-state index in [9.17, 15) is 4.79 Å². The lowest BCUT2D eigenvalue weighted by Gasteiger charge is -2.25. The number of nitrogens with one attached hydrogen (secondary N) is 2. The lowest BCUT2D eigenvalue weighted by Crippen LogP contribution is -2.43. The van der Waals surface area contributed by atoms with E-state index in [1.165, 1.54) is 6.92 Å². The van der Waals surface area contributed by atoms with E-state index in [1.54, 1.807) is 12.1 Å². The van der Waals surface area contributed by atoms with Crippen molar-refractivity contribution in [2.24, 2.45) is 0 Å². The molecule has 20 heavy (non-hydrogen) atoms. The van der Waals surface area contributed by atoms with E-state index in [-0.39, 0.29) is 30.5 Å². The quantitative estimate of drug-likeness (QED) is 0.871. The summed E-state index contributed by atoms with van der Waals surface area (Å²) >= 11 is 12.0. The van der Waals surface area contributed by atoms with Crippen LogP contribution in [-0.2, 0) is 9.53 Å². The van der Waals surface area contributed by atoms with Gasteiger partial charge in [-0.1, -0.05) is 29.3 Å². The minimum absolute atomic E-state index is 0. The van der Waals surface area contributed by atoms with Crippen molar-refractivity contribution in [3.05, 3.63) is 33.8 Å². The van der Waals surface area contributed by atoms with Crippen LogP contribution in [0.25, 0.3) is 0 Å². The lowest BCUT2D eigenvalue weighted by molar-refractivity contribution is -0.120. The van der Waals surface area contributed by atoms with E-state index >= 15 is 0 Å². The van der Waals surface area contributed by atoms with Crippen LogP contribution in [0.2, 0.25) is 10.0 Å². The van der Waals surface area contributed by atoms with Crippen LogP contribution in [0, 0.1) is 0 Å². The number of carbonyl (C=O) groups is 1. The van der Waals surface area contributed by atoms with E-state index < -0.39 is 0 Å². The predicted molar refractivity (Wildman–Crippen MR) is 82.9 cm³/mol. The maximum absolute atomic E-state index is 11.3. The van der Waals surface area contributed by atoms with E-state index in [1.807, 2.05) is 6.07 Å². The molecule has 1 aromatic rings. The zero-order chi connectivity index (χ0) is 13.8. The molecule has 1 saturated heterocycles. The molecule has 7 heteroatoms. The van der Waals surface area contributed by atoms with E-state index in [2.05, 4.69) is 10.6 Å². The molecule has 2 N–H and O–H groups in total. The first-order valence-electron chi connectivity index (χ1n) is 6.12. The summed E-state index contributed by atoms with van der Waals surface area (Å²) in [5, 5.41) is 7.13. The summed E-state index contributed by atoms with van der Waals surface area (Å²) in [7, 11) is 0. The number of benzene rings is 1. The molecule has 4 nitrogen and oxygen atoms in total. The highest BCUT2D eigenvalue weighted by Gasteiger charge is 2.27. The van der Waals surface area contributed by atoms with Gasteiger partial charge in [-0.25, -0.2) is 0 Å². The van der Waals surface area contributed by atoms with E-state index in [0.29, 0.717) is 23.2 Å². The fourth-order valence-electron chi connectivity index (χ4n) is 2.14. The molecule has 0 aromatic heterocycles. The largest absolute Gasteiger partial charge is 0.370 e. The van der Waals surface area contributed by atoms with Crippen molar-refractivity contribution < 1.29 is 9.53 Å². The molecule has 0 aliphatic carbocycles. The van der Waals surface area contributed by atoms with Crippen LogP contribution in [0.1, 0.15) is 18.6 Å². The van der Waals surface area contributed by atoms with Gasteiger partial charge < -0.3 is 15.4 Å². The molecule has 0 spiro atoms. The van der Waals surface area contributed by atoms with Crippen LogP contribution in [0.4, 0.5) is 0 Å². The zero-order valence-corrected chi connectivity index (χ0v) is 13.3. The Kier molecular flexibility index (Phi) is 7.06. The Morgan fingerprint density at radius 1 is 1.40 bits per heavy atom. The van der Waals surface area contributed by atoms with Crippen molar-refractivity contribution >= 4 is 41.5 Å². The maximum atomic E-state index is 11.3. The molecule has 0 unspecified atom stereocenters. The minimum Gasteiger partial charge on any atom is -0.370 e. The van der Waals surface area contributed by atoms with Gasteiger partial charge in [-0.3, -0.25) is 4.79 Å². The van der Waals surface area contributed by atoms with E-state index in [4.69, 9.17) is 27.9 Å². The van der Waals surface area contributed by atoms with Crippen LogP contribution in [0.15, 0.2) is 18.2 Å². The first kappa shape index (κ1) is 17.5. The van der Waals surface area contributed by atoms with Gasteiger partial charge in [0.05, 0.1) is 22.7 Å². The summed E-state index contributed by atoms with van der Waals surface area (Å²) in [6, 6.07) is 5.27. The number of carbonyl (C=O) groups excluding carboxylic acids is 1. The highest BCUT2D eigenvalue weighted by molar-refractivity contribution is 6.42. The smallest absolute Gasteiger partial charge is 0.217 e. The van der Waals surface area contributed by atoms with Crippen molar-refractivity contribution in [3.63, 3.8) is 0 Å². The number of rotatable bonds is 2. The van der Waals surface area contributed by atoms with Crippen LogP contribution in [0.3, 0.4) is 0 Å². The fraction of sp³-hybridized carbons (Fsp3) is 0.462. The second-order valence-electron chi connectivity index (χ2n) is 4.48. The number of hydrogen-bond acceptors (Lipinski definition) is 3. The van der Waals surface area contributed by atoms with Crippen molar-refractivity contribution in [3.8, 4) is 0 Å². The Morgan fingerprint density at radius 2 is 2.15 bits per heavy atom. The molecule has 2 atom stereocenters. The molecule has 1 heterocycles. The van der Waals surface area contributed by atoms with Gasteiger partial charge in [0.2, 0.25) is 5.91 Å². The van der Waals surface area contributed by atoms with Crippen LogP contribution >= 0.6 is 35.6 Å². The van der Waals surface area contributed by atoms with Crippen LogP contribution in [0.5, 0.6) is 0 Å². The van der Waals surface area contributed by atoms with E-state index in [0.717, 1.165) is 12.1 Å². The Labute approximate surface area is 134 Å². The van der Waals surface area contributed by atoms with Gasteiger partial charge in [-0.05, 0) is 17.7 Å². The second kappa shape index (κ2) is 8.05. The Bertz CT molecular complexity index is 471. The third kappa shape index (κ3) is 4.50. The minimum atomic E-state index is -0.228. The fourth-order valence-corrected chi connectivity index (χ4v) is 2.45. The monoisotopic (exact) mass is 338 g/mol. The van der Waals surface area contributed by atoms with Crippen molar-refractivity contribution in [1.29, 1.82) is 0 Å². The average Bonchev–Trinajstić information content (AvgIpc) is 2.57. The highest BCUT2D eigenvalue weighted by Crippen LogP contribution is 2.29. The molecular weight excluding hydrogens is 323 g/mol. The molecule has 2 rings (SSSR count). The van der Waals surface area contributed by atoms with Crippen LogP contribution < -0.4 is 10.6 Å². The van der Waals surface area contributed by atoms with Crippen molar-refractivity contribution in [1.82, 2.24) is 10.6 Å². The zero-order valence-electron chi connectivity index (χ0n) is 11.0. The van der Waals surface area contributed by atoms with Gasteiger partial charge in [0.25, 0.3) is 0 Å². The first-order chi connectivity index (χ1) is 9.08. The summed E-state index contributed by atoms with van der Waals surface area (Å²) in [6.07, 6.45) is -0.228. The number of ether oxygens (including phenoxy) is 1. The van der Waals surface area contributed by atoms with Gasteiger partial charge in [0.1, 0.15) is 6.10 Å². The second-order valence-corrected chi connectivity index (χ2v) is 5.29. The van der Waals surface area contributed by atoms with Crippen LogP contribution in [-0.4, -0.2) is 31.6 Å². The number of halogens is 3. The summed E-state index contributed by atoms with van der Waals surface area (Å²) in [4.78, 5) is 11.3. The molecule has 1 amide bonds.